The van der Waals surface area contributed by atoms with Gasteiger partial charge in [-0.1, -0.05) is 12.1 Å². The molecule has 2 aromatic heterocycles. The molecule has 1 aliphatic heterocycles. The van der Waals surface area contributed by atoms with Gasteiger partial charge in [-0.15, -0.1) is 22.7 Å². The molecule has 1 N–H and O–H groups in total. The van der Waals surface area contributed by atoms with Gasteiger partial charge in [0, 0.05) is 23.2 Å². The molecule has 1 fully saturated rings. The number of imide groups is 1. The average Bonchev–Trinajstić information content (AvgIpc) is 3.17. The Kier molecular flexibility index (Phi) is 4.19. The Balaban J connectivity index is 1.83. The highest BCUT2D eigenvalue weighted by Gasteiger charge is 2.33. The third-order valence-corrected chi connectivity index (χ3v) is 5.55. The minimum atomic E-state index is -0.304. The van der Waals surface area contributed by atoms with Crippen molar-refractivity contribution >= 4 is 34.5 Å². The lowest BCUT2D eigenvalue weighted by Gasteiger charge is -2.31. The van der Waals surface area contributed by atoms with Crippen molar-refractivity contribution in [2.75, 3.05) is 7.05 Å². The van der Waals surface area contributed by atoms with Gasteiger partial charge >= 0.3 is 0 Å². The molecule has 0 spiro atoms. The van der Waals surface area contributed by atoms with Crippen LogP contribution in [0.3, 0.4) is 0 Å². The summed E-state index contributed by atoms with van der Waals surface area (Å²) in [6.07, 6.45) is 0.983. The van der Waals surface area contributed by atoms with E-state index in [-0.39, 0.29) is 23.9 Å². The van der Waals surface area contributed by atoms with Crippen molar-refractivity contribution in [2.45, 2.75) is 24.9 Å². The van der Waals surface area contributed by atoms with E-state index in [0.29, 0.717) is 12.8 Å². The van der Waals surface area contributed by atoms with Gasteiger partial charge in [-0.3, -0.25) is 19.8 Å². The lowest BCUT2D eigenvalue weighted by atomic mass is 10.0. The van der Waals surface area contributed by atoms with Gasteiger partial charge < -0.3 is 0 Å². The smallest absolute Gasteiger partial charge is 0.246 e. The average molecular weight is 320 g/mol. The van der Waals surface area contributed by atoms with Crippen molar-refractivity contribution < 1.29 is 9.59 Å². The molecular weight excluding hydrogens is 304 g/mol. The van der Waals surface area contributed by atoms with Gasteiger partial charge in [0.2, 0.25) is 11.8 Å². The van der Waals surface area contributed by atoms with E-state index in [1.165, 1.54) is 14.7 Å². The number of amides is 2. The number of carbonyl (C=O) groups excluding carboxylic acids is 2. The van der Waals surface area contributed by atoms with Crippen molar-refractivity contribution in [1.82, 2.24) is 10.2 Å². The van der Waals surface area contributed by atoms with Crippen LogP contribution in [0.5, 0.6) is 0 Å². The minimum absolute atomic E-state index is 0.0144. The zero-order valence-corrected chi connectivity index (χ0v) is 13.2. The summed E-state index contributed by atoms with van der Waals surface area (Å²) in [5.74, 6) is -0.230. The molecule has 0 bridgehead atoms. The second-order valence-electron chi connectivity index (χ2n) is 5.01. The Bertz CT molecular complexity index is 588. The zero-order valence-electron chi connectivity index (χ0n) is 11.6. The third-order valence-electron chi connectivity index (χ3n) is 3.67. The van der Waals surface area contributed by atoms with Crippen molar-refractivity contribution in [3.8, 4) is 0 Å². The van der Waals surface area contributed by atoms with E-state index in [9.17, 15) is 9.59 Å². The summed E-state index contributed by atoms with van der Waals surface area (Å²) in [7, 11) is 1.56. The van der Waals surface area contributed by atoms with Crippen LogP contribution in [0.4, 0.5) is 0 Å². The predicted octanol–water partition coefficient (Wildman–Crippen LogP) is 2.64. The van der Waals surface area contributed by atoms with E-state index in [2.05, 4.69) is 17.4 Å². The van der Waals surface area contributed by atoms with Gasteiger partial charge in [-0.05, 0) is 29.3 Å². The van der Waals surface area contributed by atoms with Gasteiger partial charge in [-0.2, -0.15) is 0 Å². The Labute approximate surface area is 131 Å². The number of nitrogens with one attached hydrogen (secondary N) is 1. The minimum Gasteiger partial charge on any atom is -0.294 e. The molecule has 110 valence electrons. The molecule has 0 aromatic carbocycles. The van der Waals surface area contributed by atoms with Crippen LogP contribution >= 0.6 is 22.7 Å². The van der Waals surface area contributed by atoms with Crippen LogP contribution < -0.4 is 5.32 Å². The molecule has 2 aromatic rings. The summed E-state index contributed by atoms with van der Waals surface area (Å²) >= 11 is 3.35. The summed E-state index contributed by atoms with van der Waals surface area (Å²) in [4.78, 5) is 27.4. The van der Waals surface area contributed by atoms with Crippen LogP contribution in [-0.4, -0.2) is 29.8 Å². The van der Waals surface area contributed by atoms with Gasteiger partial charge in [0.15, 0.2) is 0 Å². The number of nitrogens with zero attached hydrogens (tertiary/aromatic N) is 1. The molecule has 4 nitrogen and oxygen atoms in total. The van der Waals surface area contributed by atoms with E-state index >= 15 is 0 Å². The number of hydrogen-bond donors (Lipinski definition) is 1. The second-order valence-corrected chi connectivity index (χ2v) is 6.97. The molecule has 2 amide bonds. The quantitative estimate of drug-likeness (QED) is 0.881. The molecule has 1 saturated heterocycles. The van der Waals surface area contributed by atoms with E-state index in [1.54, 1.807) is 29.7 Å². The Morgan fingerprint density at radius 3 is 2.33 bits per heavy atom. The summed E-state index contributed by atoms with van der Waals surface area (Å²) in [5, 5.41) is 7.51. The number of likely N-dealkylation sites (tertiary alicyclic amines) is 1. The fourth-order valence-electron chi connectivity index (χ4n) is 2.49. The van der Waals surface area contributed by atoms with Crippen molar-refractivity contribution in [3.05, 3.63) is 44.8 Å². The summed E-state index contributed by atoms with van der Waals surface area (Å²) in [6.45, 7) is 0. The Hall–Kier alpha value is -1.50. The molecule has 21 heavy (non-hydrogen) atoms. The monoisotopic (exact) mass is 320 g/mol. The molecule has 1 aliphatic rings. The first-order valence-corrected chi connectivity index (χ1v) is 8.56. The molecule has 3 rings (SSSR count). The van der Waals surface area contributed by atoms with Crippen molar-refractivity contribution in [1.29, 1.82) is 0 Å². The van der Waals surface area contributed by atoms with Gasteiger partial charge in [-0.25, -0.2) is 0 Å². The molecule has 0 radical (unpaired) electrons. The highest BCUT2D eigenvalue weighted by atomic mass is 32.1. The third kappa shape index (κ3) is 2.92. The van der Waals surface area contributed by atoms with E-state index < -0.39 is 0 Å². The molecule has 0 aliphatic carbocycles. The number of rotatable bonds is 4. The van der Waals surface area contributed by atoms with Gasteiger partial charge in [0.25, 0.3) is 0 Å². The fraction of sp³-hybridized carbons (Fsp3) is 0.333. The van der Waals surface area contributed by atoms with Gasteiger partial charge in [0.1, 0.15) is 0 Å². The Morgan fingerprint density at radius 1 is 1.19 bits per heavy atom. The largest absolute Gasteiger partial charge is 0.294 e. The van der Waals surface area contributed by atoms with E-state index in [4.69, 9.17) is 0 Å². The molecular formula is C15H16N2O2S2. The van der Waals surface area contributed by atoms with Crippen LogP contribution in [0.1, 0.15) is 28.6 Å². The van der Waals surface area contributed by atoms with E-state index in [1.807, 2.05) is 22.9 Å². The number of piperidine rings is 1. The SMILES string of the molecule is CN1C(=O)CCC(NC(c2cccs2)c2cccs2)C1=O. The molecule has 3 heterocycles. The standard InChI is InChI=1S/C15H16N2O2S2/c1-17-13(18)7-6-10(15(17)19)16-14(11-4-2-8-20-11)12-5-3-9-21-12/h2-5,8-10,14,16H,6-7H2,1H3. The maximum atomic E-state index is 12.3. The molecule has 0 saturated carbocycles. The number of likely N-dealkylation sites (N-methyl/N-ethyl adjacent to an activating group) is 1. The molecule has 1 atom stereocenters. The van der Waals surface area contributed by atoms with Crippen molar-refractivity contribution in [2.24, 2.45) is 0 Å². The number of thiophene rings is 2. The van der Waals surface area contributed by atoms with Crippen LogP contribution in [0.2, 0.25) is 0 Å². The zero-order chi connectivity index (χ0) is 14.8. The van der Waals surface area contributed by atoms with Crippen LogP contribution in [0.15, 0.2) is 35.0 Å². The van der Waals surface area contributed by atoms with Crippen LogP contribution in [-0.2, 0) is 9.59 Å². The van der Waals surface area contributed by atoms with E-state index in [0.717, 1.165) is 0 Å². The molecule has 1 unspecified atom stereocenters. The first-order valence-electron chi connectivity index (χ1n) is 6.80. The topological polar surface area (TPSA) is 49.4 Å². The van der Waals surface area contributed by atoms with Crippen LogP contribution in [0.25, 0.3) is 0 Å². The predicted molar refractivity (Wildman–Crippen MR) is 84.4 cm³/mol. The van der Waals surface area contributed by atoms with Crippen LogP contribution in [0, 0.1) is 0 Å². The van der Waals surface area contributed by atoms with Gasteiger partial charge in [0.05, 0.1) is 12.1 Å². The van der Waals surface area contributed by atoms with Crippen molar-refractivity contribution in [3.63, 3.8) is 0 Å². The molecule has 6 heteroatoms. The maximum absolute atomic E-state index is 12.3. The Morgan fingerprint density at radius 2 is 1.81 bits per heavy atom. The maximum Gasteiger partial charge on any atom is 0.246 e. The normalized spacial score (nSPS) is 19.5. The lowest BCUT2D eigenvalue weighted by molar-refractivity contribution is -0.148. The fourth-order valence-corrected chi connectivity index (χ4v) is 4.17. The summed E-state index contributed by atoms with van der Waals surface area (Å²) < 4.78 is 0. The summed E-state index contributed by atoms with van der Waals surface area (Å²) in [5.41, 5.74) is 0. The highest BCUT2D eigenvalue weighted by molar-refractivity contribution is 7.11. The lowest BCUT2D eigenvalue weighted by Crippen LogP contribution is -2.52. The number of hydrogen-bond acceptors (Lipinski definition) is 5. The number of carbonyl (C=O) groups is 2. The first-order chi connectivity index (χ1) is 10.2. The second kappa shape index (κ2) is 6.09. The first kappa shape index (κ1) is 14.4. The summed E-state index contributed by atoms with van der Waals surface area (Å²) in [6, 6.07) is 7.89. The highest BCUT2D eigenvalue weighted by Crippen LogP contribution is 2.30.